The third-order valence-electron chi connectivity index (χ3n) is 3.66. The number of anilines is 1. The van der Waals surface area contributed by atoms with Crippen molar-refractivity contribution in [2.45, 2.75) is 30.7 Å². The minimum absolute atomic E-state index is 0.229. The van der Waals surface area contributed by atoms with Crippen LogP contribution < -0.4 is 10.5 Å². The van der Waals surface area contributed by atoms with Crippen molar-refractivity contribution in [3.8, 4) is 0 Å². The van der Waals surface area contributed by atoms with Crippen LogP contribution in [0.15, 0.2) is 27.6 Å². The zero-order valence-corrected chi connectivity index (χ0v) is 13.9. The van der Waals surface area contributed by atoms with Gasteiger partial charge < -0.3 is 5.73 Å². The van der Waals surface area contributed by atoms with Gasteiger partial charge in [0.1, 0.15) is 0 Å². The second-order valence-corrected chi connectivity index (χ2v) is 7.56. The quantitative estimate of drug-likeness (QED) is 0.784. The molecule has 3 N–H and O–H groups in total. The lowest BCUT2D eigenvalue weighted by Gasteiger charge is -2.23. The molecule has 112 valence electrons. The SMILES string of the molecule is CCN1CCCC1CNS(=O)(=O)c1ccc(N)cc1Br. The lowest BCUT2D eigenvalue weighted by Crippen LogP contribution is -2.40. The summed E-state index contributed by atoms with van der Waals surface area (Å²) in [7, 11) is -3.51. The summed E-state index contributed by atoms with van der Waals surface area (Å²) in [4.78, 5) is 2.54. The molecule has 7 heteroatoms. The molecule has 1 fully saturated rings. The predicted molar refractivity (Wildman–Crippen MR) is 84.0 cm³/mol. The molecule has 1 unspecified atom stereocenters. The van der Waals surface area contributed by atoms with E-state index >= 15 is 0 Å². The van der Waals surface area contributed by atoms with Crippen molar-refractivity contribution >= 4 is 31.6 Å². The number of benzene rings is 1. The summed E-state index contributed by atoms with van der Waals surface area (Å²) in [6, 6.07) is 5.01. The standard InChI is InChI=1S/C13H20BrN3O2S/c1-2-17-7-3-4-11(17)9-16-20(18,19)13-6-5-10(15)8-12(13)14/h5-6,8,11,16H,2-4,7,9,15H2,1H3. The number of likely N-dealkylation sites (N-methyl/N-ethyl adjacent to an activating group) is 1. The molecule has 0 bridgehead atoms. The van der Waals surface area contributed by atoms with Crippen LogP contribution in [0.2, 0.25) is 0 Å². The van der Waals surface area contributed by atoms with Crippen LogP contribution in [0.4, 0.5) is 5.69 Å². The van der Waals surface area contributed by atoms with E-state index in [-0.39, 0.29) is 4.90 Å². The van der Waals surface area contributed by atoms with Crippen molar-refractivity contribution < 1.29 is 8.42 Å². The zero-order chi connectivity index (χ0) is 14.8. The van der Waals surface area contributed by atoms with E-state index in [0.717, 1.165) is 25.9 Å². The maximum atomic E-state index is 12.3. The van der Waals surface area contributed by atoms with Crippen LogP contribution in [0.3, 0.4) is 0 Å². The van der Waals surface area contributed by atoms with Gasteiger partial charge in [-0.1, -0.05) is 6.92 Å². The number of sulfonamides is 1. The molecule has 1 aromatic carbocycles. The molecule has 0 radical (unpaired) electrons. The number of likely N-dealkylation sites (tertiary alicyclic amines) is 1. The van der Waals surface area contributed by atoms with Crippen molar-refractivity contribution in [1.29, 1.82) is 0 Å². The molecule has 0 spiro atoms. The van der Waals surface area contributed by atoms with Gasteiger partial charge in [-0.15, -0.1) is 0 Å². The Kier molecular flexibility index (Phi) is 5.06. The third-order valence-corrected chi connectivity index (χ3v) is 6.06. The molecule has 1 aromatic rings. The largest absolute Gasteiger partial charge is 0.399 e. The molecule has 2 rings (SSSR count). The highest BCUT2D eigenvalue weighted by molar-refractivity contribution is 9.10. The number of nitrogen functional groups attached to an aromatic ring is 1. The highest BCUT2D eigenvalue weighted by atomic mass is 79.9. The van der Waals surface area contributed by atoms with Crippen molar-refractivity contribution in [3.63, 3.8) is 0 Å². The zero-order valence-electron chi connectivity index (χ0n) is 11.5. The van der Waals surface area contributed by atoms with Gasteiger partial charge >= 0.3 is 0 Å². The number of rotatable bonds is 5. The van der Waals surface area contributed by atoms with Gasteiger partial charge in [0.15, 0.2) is 0 Å². The fourth-order valence-corrected chi connectivity index (χ4v) is 4.73. The van der Waals surface area contributed by atoms with Gasteiger partial charge in [0.05, 0.1) is 4.90 Å². The molecule has 0 aliphatic carbocycles. The third kappa shape index (κ3) is 3.52. The van der Waals surface area contributed by atoms with E-state index in [1.165, 1.54) is 6.07 Å². The van der Waals surface area contributed by atoms with Crippen molar-refractivity contribution in [2.75, 3.05) is 25.4 Å². The maximum Gasteiger partial charge on any atom is 0.241 e. The van der Waals surface area contributed by atoms with Crippen molar-refractivity contribution in [1.82, 2.24) is 9.62 Å². The summed E-state index contributed by atoms with van der Waals surface area (Å²) < 4.78 is 27.8. The highest BCUT2D eigenvalue weighted by Crippen LogP contribution is 2.24. The van der Waals surface area contributed by atoms with E-state index in [0.29, 0.717) is 22.7 Å². The first-order valence-electron chi connectivity index (χ1n) is 6.73. The predicted octanol–water partition coefficient (Wildman–Crippen LogP) is 1.79. The second kappa shape index (κ2) is 6.43. The average Bonchev–Trinajstić information content (AvgIpc) is 2.83. The molecule has 1 saturated heterocycles. The monoisotopic (exact) mass is 361 g/mol. The fraction of sp³-hybridized carbons (Fsp3) is 0.538. The van der Waals surface area contributed by atoms with Crippen molar-refractivity contribution in [3.05, 3.63) is 22.7 Å². The first-order chi connectivity index (χ1) is 9.44. The Labute approximate surface area is 128 Å². The van der Waals surface area contributed by atoms with E-state index in [2.05, 4.69) is 32.5 Å². The van der Waals surface area contributed by atoms with Crippen LogP contribution in [0.25, 0.3) is 0 Å². The molecule has 1 atom stereocenters. The van der Waals surface area contributed by atoms with Crippen LogP contribution in [0.1, 0.15) is 19.8 Å². The van der Waals surface area contributed by atoms with Crippen LogP contribution in [0, 0.1) is 0 Å². The highest BCUT2D eigenvalue weighted by Gasteiger charge is 2.25. The van der Waals surface area contributed by atoms with Crippen LogP contribution in [-0.2, 0) is 10.0 Å². The Morgan fingerprint density at radius 3 is 2.90 bits per heavy atom. The molecule has 1 aliphatic heterocycles. The van der Waals surface area contributed by atoms with Crippen LogP contribution in [-0.4, -0.2) is 39.0 Å². The molecule has 0 saturated carbocycles. The molecule has 0 aromatic heterocycles. The van der Waals surface area contributed by atoms with Gasteiger partial charge in [-0.2, -0.15) is 0 Å². The molecular formula is C13H20BrN3O2S. The molecule has 1 aliphatic rings. The lowest BCUT2D eigenvalue weighted by atomic mass is 10.2. The Morgan fingerprint density at radius 1 is 1.50 bits per heavy atom. The van der Waals surface area contributed by atoms with Gasteiger partial charge in [-0.05, 0) is 60.1 Å². The summed E-state index contributed by atoms with van der Waals surface area (Å²) in [6.07, 6.45) is 2.17. The number of halogens is 1. The minimum atomic E-state index is -3.51. The number of nitrogens with two attached hydrogens (primary N) is 1. The molecule has 0 amide bonds. The maximum absolute atomic E-state index is 12.3. The summed E-state index contributed by atoms with van der Waals surface area (Å²) in [5, 5.41) is 0. The molecular weight excluding hydrogens is 342 g/mol. The summed E-state index contributed by atoms with van der Waals surface area (Å²) in [6.45, 7) is 4.56. The van der Waals surface area contributed by atoms with Gasteiger partial charge in [0, 0.05) is 22.7 Å². The minimum Gasteiger partial charge on any atom is -0.399 e. The average molecular weight is 362 g/mol. The lowest BCUT2D eigenvalue weighted by molar-refractivity contribution is 0.268. The molecule has 20 heavy (non-hydrogen) atoms. The Bertz CT molecular complexity index is 577. The fourth-order valence-electron chi connectivity index (χ4n) is 2.56. The van der Waals surface area contributed by atoms with E-state index in [4.69, 9.17) is 5.73 Å². The first-order valence-corrected chi connectivity index (χ1v) is 9.00. The number of hydrogen-bond acceptors (Lipinski definition) is 4. The van der Waals surface area contributed by atoms with E-state index in [1.807, 2.05) is 0 Å². The molecule has 1 heterocycles. The topological polar surface area (TPSA) is 75.4 Å². The number of hydrogen-bond donors (Lipinski definition) is 2. The van der Waals surface area contributed by atoms with E-state index in [9.17, 15) is 8.42 Å². The summed E-state index contributed by atoms with van der Waals surface area (Å²) in [5.74, 6) is 0. The van der Waals surface area contributed by atoms with Gasteiger partial charge in [-0.25, -0.2) is 13.1 Å². The second-order valence-electron chi connectivity index (χ2n) is 4.97. The van der Waals surface area contributed by atoms with Crippen LogP contribution in [0.5, 0.6) is 0 Å². The van der Waals surface area contributed by atoms with Crippen LogP contribution >= 0.6 is 15.9 Å². The Morgan fingerprint density at radius 2 is 2.25 bits per heavy atom. The first kappa shape index (κ1) is 15.8. The summed E-state index contributed by atoms with van der Waals surface area (Å²) in [5.41, 5.74) is 6.16. The van der Waals surface area contributed by atoms with Gasteiger partial charge in [-0.3, -0.25) is 4.90 Å². The Hall–Kier alpha value is -0.630. The van der Waals surface area contributed by atoms with Gasteiger partial charge in [0.2, 0.25) is 10.0 Å². The van der Waals surface area contributed by atoms with Gasteiger partial charge in [0.25, 0.3) is 0 Å². The Balaban J connectivity index is 2.07. The van der Waals surface area contributed by atoms with Crippen molar-refractivity contribution in [2.24, 2.45) is 0 Å². The number of nitrogens with one attached hydrogen (secondary N) is 1. The molecule has 5 nitrogen and oxygen atoms in total. The normalized spacial score (nSPS) is 20.4. The summed E-state index contributed by atoms with van der Waals surface area (Å²) >= 11 is 3.25. The smallest absolute Gasteiger partial charge is 0.241 e. The van der Waals surface area contributed by atoms with E-state index < -0.39 is 10.0 Å². The van der Waals surface area contributed by atoms with E-state index in [1.54, 1.807) is 12.1 Å². The number of nitrogens with zero attached hydrogens (tertiary/aromatic N) is 1.